The molecule has 0 unspecified atom stereocenters. The summed E-state index contributed by atoms with van der Waals surface area (Å²) >= 11 is 0. The minimum Gasteiger partial charge on any atom is -0.512 e. The van der Waals surface area contributed by atoms with Crippen LogP contribution in [0.4, 0.5) is 0 Å². The van der Waals surface area contributed by atoms with Crippen molar-refractivity contribution in [1.29, 1.82) is 0 Å². The van der Waals surface area contributed by atoms with Gasteiger partial charge < -0.3 is 5.11 Å². The van der Waals surface area contributed by atoms with E-state index < -0.39 is 0 Å². The first kappa shape index (κ1) is 9.04. The van der Waals surface area contributed by atoms with E-state index in [4.69, 9.17) is 0 Å². The van der Waals surface area contributed by atoms with Gasteiger partial charge in [-0.2, -0.15) is 0 Å². The molecule has 0 amide bonds. The maximum atomic E-state index is 11.3. The molecule has 2 heteroatoms. The summed E-state index contributed by atoms with van der Waals surface area (Å²) in [6.45, 7) is 7.35. The van der Waals surface area contributed by atoms with Gasteiger partial charge in [0.25, 0.3) is 0 Å². The van der Waals surface area contributed by atoms with E-state index in [-0.39, 0.29) is 17.5 Å². The number of Topliss-reactive ketones (excluding diaryl/α,β-unsaturated/α-hetero) is 1. The van der Waals surface area contributed by atoms with E-state index in [1.165, 1.54) is 0 Å². The molecule has 0 saturated carbocycles. The highest BCUT2D eigenvalue weighted by molar-refractivity contribution is 5.96. The highest BCUT2D eigenvalue weighted by atomic mass is 16.3. The van der Waals surface area contributed by atoms with E-state index in [0.717, 1.165) is 5.57 Å². The SMILES string of the molecule is C=C(C)[C@@H]1CC(=O)C(C)=C(O)C1. The summed E-state index contributed by atoms with van der Waals surface area (Å²) in [4.78, 5) is 11.3. The Morgan fingerprint density at radius 2 is 2.17 bits per heavy atom. The Morgan fingerprint density at radius 3 is 2.58 bits per heavy atom. The third kappa shape index (κ3) is 1.58. The number of allylic oxidation sites excluding steroid dienone is 3. The molecule has 0 aromatic carbocycles. The number of aliphatic hydroxyl groups excluding tert-OH is 1. The van der Waals surface area contributed by atoms with Crippen molar-refractivity contribution in [2.45, 2.75) is 26.7 Å². The molecule has 12 heavy (non-hydrogen) atoms. The van der Waals surface area contributed by atoms with Gasteiger partial charge in [0.15, 0.2) is 5.78 Å². The fourth-order valence-electron chi connectivity index (χ4n) is 1.34. The second-order valence-electron chi connectivity index (χ2n) is 3.45. The zero-order valence-corrected chi connectivity index (χ0v) is 7.55. The van der Waals surface area contributed by atoms with Gasteiger partial charge >= 0.3 is 0 Å². The highest BCUT2D eigenvalue weighted by Crippen LogP contribution is 2.29. The summed E-state index contributed by atoms with van der Waals surface area (Å²) < 4.78 is 0. The van der Waals surface area contributed by atoms with Gasteiger partial charge in [-0.25, -0.2) is 0 Å². The number of rotatable bonds is 1. The van der Waals surface area contributed by atoms with Crippen molar-refractivity contribution >= 4 is 5.78 Å². The summed E-state index contributed by atoms with van der Waals surface area (Å²) in [5, 5.41) is 9.39. The van der Waals surface area contributed by atoms with Crippen molar-refractivity contribution < 1.29 is 9.90 Å². The molecule has 0 fully saturated rings. The lowest BCUT2D eigenvalue weighted by Crippen LogP contribution is -2.18. The number of carbonyl (C=O) groups excluding carboxylic acids is 1. The Labute approximate surface area is 72.6 Å². The Hall–Kier alpha value is -1.05. The van der Waals surface area contributed by atoms with Gasteiger partial charge in [0, 0.05) is 18.4 Å². The van der Waals surface area contributed by atoms with Crippen molar-refractivity contribution in [2.24, 2.45) is 5.92 Å². The highest BCUT2D eigenvalue weighted by Gasteiger charge is 2.24. The molecule has 1 atom stereocenters. The molecule has 0 radical (unpaired) electrons. The second kappa shape index (κ2) is 3.13. The molecule has 0 saturated heterocycles. The van der Waals surface area contributed by atoms with Crippen LogP contribution in [0.2, 0.25) is 0 Å². The van der Waals surface area contributed by atoms with E-state index in [9.17, 15) is 9.90 Å². The minimum atomic E-state index is 0.0479. The van der Waals surface area contributed by atoms with E-state index in [2.05, 4.69) is 6.58 Å². The standard InChI is InChI=1S/C10H14O2/c1-6(2)8-4-9(11)7(3)10(12)5-8/h8,11H,1,4-5H2,2-3H3/t8-/m0/s1. The van der Waals surface area contributed by atoms with E-state index >= 15 is 0 Å². The van der Waals surface area contributed by atoms with E-state index in [0.29, 0.717) is 18.4 Å². The van der Waals surface area contributed by atoms with Crippen LogP contribution in [0.1, 0.15) is 26.7 Å². The molecule has 1 aliphatic carbocycles. The Balaban J connectivity index is 2.85. The van der Waals surface area contributed by atoms with E-state index in [1.807, 2.05) is 6.92 Å². The summed E-state index contributed by atoms with van der Waals surface area (Å²) in [5.41, 5.74) is 1.50. The van der Waals surface area contributed by atoms with Crippen LogP contribution in [0.5, 0.6) is 0 Å². The van der Waals surface area contributed by atoms with Crippen LogP contribution in [-0.2, 0) is 4.79 Å². The van der Waals surface area contributed by atoms with E-state index in [1.54, 1.807) is 6.92 Å². The van der Waals surface area contributed by atoms with Crippen LogP contribution in [0.25, 0.3) is 0 Å². The van der Waals surface area contributed by atoms with Crippen molar-refractivity contribution in [1.82, 2.24) is 0 Å². The van der Waals surface area contributed by atoms with Gasteiger partial charge in [-0.15, -0.1) is 0 Å². The number of hydrogen-bond acceptors (Lipinski definition) is 2. The van der Waals surface area contributed by atoms with Gasteiger partial charge in [-0.1, -0.05) is 12.2 Å². The fourth-order valence-corrected chi connectivity index (χ4v) is 1.34. The number of carbonyl (C=O) groups is 1. The quantitative estimate of drug-likeness (QED) is 0.607. The first-order valence-corrected chi connectivity index (χ1v) is 4.09. The zero-order valence-electron chi connectivity index (χ0n) is 7.55. The van der Waals surface area contributed by atoms with Crippen LogP contribution in [0.3, 0.4) is 0 Å². The van der Waals surface area contributed by atoms with Gasteiger partial charge in [-0.05, 0) is 19.8 Å². The molecular weight excluding hydrogens is 152 g/mol. The molecule has 1 N–H and O–H groups in total. The van der Waals surface area contributed by atoms with Crippen LogP contribution < -0.4 is 0 Å². The molecule has 66 valence electrons. The molecule has 1 rings (SSSR count). The topological polar surface area (TPSA) is 37.3 Å². The number of ketones is 1. The number of hydrogen-bond donors (Lipinski definition) is 1. The molecule has 0 bridgehead atoms. The molecule has 0 spiro atoms. The van der Waals surface area contributed by atoms with Crippen LogP contribution in [-0.4, -0.2) is 10.9 Å². The summed E-state index contributed by atoms with van der Waals surface area (Å²) in [6.07, 6.45) is 1.08. The third-order valence-electron chi connectivity index (χ3n) is 2.42. The van der Waals surface area contributed by atoms with Crippen molar-refractivity contribution in [3.05, 3.63) is 23.5 Å². The summed E-state index contributed by atoms with van der Waals surface area (Å²) in [6, 6.07) is 0. The van der Waals surface area contributed by atoms with Crippen molar-refractivity contribution in [3.63, 3.8) is 0 Å². The van der Waals surface area contributed by atoms with Crippen LogP contribution in [0.15, 0.2) is 23.5 Å². The van der Waals surface area contributed by atoms with Crippen molar-refractivity contribution in [3.8, 4) is 0 Å². The summed E-state index contributed by atoms with van der Waals surface area (Å²) in [5.74, 6) is 0.423. The van der Waals surface area contributed by atoms with Gasteiger partial charge in [0.2, 0.25) is 0 Å². The lowest BCUT2D eigenvalue weighted by atomic mass is 9.84. The molecule has 0 aromatic rings. The first-order valence-electron chi connectivity index (χ1n) is 4.09. The zero-order chi connectivity index (χ0) is 9.30. The van der Waals surface area contributed by atoms with Crippen LogP contribution in [0, 0.1) is 5.92 Å². The third-order valence-corrected chi connectivity index (χ3v) is 2.42. The molecule has 0 heterocycles. The maximum Gasteiger partial charge on any atom is 0.162 e. The van der Waals surface area contributed by atoms with Gasteiger partial charge in [0.05, 0.1) is 5.76 Å². The lowest BCUT2D eigenvalue weighted by Gasteiger charge is -2.21. The van der Waals surface area contributed by atoms with Crippen LogP contribution >= 0.6 is 0 Å². The second-order valence-corrected chi connectivity index (χ2v) is 3.45. The lowest BCUT2D eigenvalue weighted by molar-refractivity contribution is -0.117. The molecule has 2 nitrogen and oxygen atoms in total. The molecular formula is C10H14O2. The normalized spacial score (nSPS) is 24.5. The minimum absolute atomic E-state index is 0.0479. The average molecular weight is 166 g/mol. The summed E-state index contributed by atoms with van der Waals surface area (Å²) in [7, 11) is 0. The molecule has 0 aromatic heterocycles. The Kier molecular flexibility index (Phi) is 2.36. The number of aliphatic hydroxyl groups is 1. The van der Waals surface area contributed by atoms with Gasteiger partial charge in [0.1, 0.15) is 0 Å². The maximum absolute atomic E-state index is 11.3. The Morgan fingerprint density at radius 1 is 1.58 bits per heavy atom. The average Bonchev–Trinajstić information content (AvgIpc) is 1.99. The fraction of sp³-hybridized carbons (Fsp3) is 0.500. The molecule has 0 aliphatic heterocycles. The van der Waals surface area contributed by atoms with Crippen molar-refractivity contribution in [2.75, 3.05) is 0 Å². The Bertz CT molecular complexity index is 261. The predicted molar refractivity (Wildman–Crippen MR) is 47.9 cm³/mol. The monoisotopic (exact) mass is 166 g/mol. The smallest absolute Gasteiger partial charge is 0.162 e. The van der Waals surface area contributed by atoms with Gasteiger partial charge in [-0.3, -0.25) is 4.79 Å². The largest absolute Gasteiger partial charge is 0.512 e. The molecule has 1 aliphatic rings. The predicted octanol–water partition coefficient (Wildman–Crippen LogP) is 2.37. The first-order chi connectivity index (χ1) is 5.52.